The van der Waals surface area contributed by atoms with Gasteiger partial charge in [0.25, 0.3) is 0 Å². The molecule has 4 heteroatoms. The normalized spacial score (nSPS) is 12.5. The molecule has 0 radical (unpaired) electrons. The van der Waals surface area contributed by atoms with Gasteiger partial charge in [-0.05, 0) is 24.3 Å². The summed E-state index contributed by atoms with van der Waals surface area (Å²) in [5.41, 5.74) is 0. The Morgan fingerprint density at radius 1 is 1.33 bits per heavy atom. The lowest BCUT2D eigenvalue weighted by molar-refractivity contribution is 0.237. The van der Waals surface area contributed by atoms with E-state index in [1.54, 1.807) is 0 Å². The van der Waals surface area contributed by atoms with Gasteiger partial charge in [-0.3, -0.25) is 0 Å². The molecule has 1 aromatic carbocycles. The molecule has 0 aliphatic heterocycles. The van der Waals surface area contributed by atoms with Crippen LogP contribution in [0, 0.1) is 17.6 Å². The molecule has 1 rings (SSSR count). The number of thiol groups is 1. The fraction of sp³-hybridized carbons (Fsp3) is 0.455. The third-order valence-electron chi connectivity index (χ3n) is 2.22. The van der Waals surface area contributed by atoms with Crippen molar-refractivity contribution >= 4 is 12.6 Å². The van der Waals surface area contributed by atoms with E-state index in [1.807, 2.05) is 6.92 Å². The van der Waals surface area contributed by atoms with E-state index in [9.17, 15) is 8.78 Å². The van der Waals surface area contributed by atoms with E-state index < -0.39 is 11.6 Å². The topological polar surface area (TPSA) is 9.23 Å². The number of hydrogen-bond acceptors (Lipinski definition) is 2. The zero-order valence-corrected chi connectivity index (χ0v) is 9.44. The number of benzene rings is 1. The Morgan fingerprint density at radius 3 is 2.40 bits per heavy atom. The molecule has 0 fully saturated rings. The third kappa shape index (κ3) is 3.38. The zero-order chi connectivity index (χ0) is 11.3. The van der Waals surface area contributed by atoms with E-state index >= 15 is 0 Å². The molecule has 0 saturated carbocycles. The van der Waals surface area contributed by atoms with E-state index in [2.05, 4.69) is 12.6 Å². The highest BCUT2D eigenvalue weighted by molar-refractivity contribution is 7.80. The molecule has 0 N–H and O–H groups in total. The molecule has 1 atom stereocenters. The highest BCUT2D eigenvalue weighted by Crippen LogP contribution is 2.21. The maximum atomic E-state index is 13.1. The SMILES string of the molecule is CCC(CS)COc1c(F)cccc1F. The number of rotatable bonds is 5. The summed E-state index contributed by atoms with van der Waals surface area (Å²) in [5.74, 6) is -0.759. The Labute approximate surface area is 93.9 Å². The number of halogens is 2. The van der Waals surface area contributed by atoms with Crippen LogP contribution in [-0.2, 0) is 0 Å². The molecule has 0 heterocycles. The van der Waals surface area contributed by atoms with Crippen LogP contribution < -0.4 is 4.74 Å². The van der Waals surface area contributed by atoms with Crippen molar-refractivity contribution in [2.45, 2.75) is 13.3 Å². The smallest absolute Gasteiger partial charge is 0.190 e. The van der Waals surface area contributed by atoms with Crippen molar-refractivity contribution < 1.29 is 13.5 Å². The summed E-state index contributed by atoms with van der Waals surface area (Å²) in [6.07, 6.45) is 0.875. The summed E-state index contributed by atoms with van der Waals surface area (Å²) in [4.78, 5) is 0. The van der Waals surface area contributed by atoms with Gasteiger partial charge in [0.1, 0.15) is 0 Å². The van der Waals surface area contributed by atoms with Crippen LogP contribution in [0.1, 0.15) is 13.3 Å². The lowest BCUT2D eigenvalue weighted by atomic mass is 10.1. The average Bonchev–Trinajstić information content (AvgIpc) is 2.23. The van der Waals surface area contributed by atoms with Crippen molar-refractivity contribution in [3.63, 3.8) is 0 Å². The van der Waals surface area contributed by atoms with E-state index in [1.165, 1.54) is 18.2 Å². The summed E-state index contributed by atoms with van der Waals surface area (Å²) in [5, 5.41) is 0. The van der Waals surface area contributed by atoms with Crippen LogP contribution in [0.25, 0.3) is 0 Å². The highest BCUT2D eigenvalue weighted by Gasteiger charge is 2.12. The first-order valence-corrected chi connectivity index (χ1v) is 5.50. The fourth-order valence-corrected chi connectivity index (χ4v) is 1.48. The first-order chi connectivity index (χ1) is 7.19. The molecule has 1 aromatic rings. The largest absolute Gasteiger partial charge is 0.487 e. The van der Waals surface area contributed by atoms with Gasteiger partial charge in [0, 0.05) is 5.92 Å². The number of ether oxygens (including phenoxy) is 1. The van der Waals surface area contributed by atoms with E-state index in [0.29, 0.717) is 5.75 Å². The lowest BCUT2D eigenvalue weighted by Gasteiger charge is -2.14. The maximum absolute atomic E-state index is 13.1. The molecule has 0 spiro atoms. The predicted octanol–water partition coefficient (Wildman–Crippen LogP) is 3.30. The summed E-state index contributed by atoms with van der Waals surface area (Å²) in [6, 6.07) is 3.67. The fourth-order valence-electron chi connectivity index (χ4n) is 1.12. The summed E-state index contributed by atoms with van der Waals surface area (Å²) in [7, 11) is 0. The molecule has 15 heavy (non-hydrogen) atoms. The van der Waals surface area contributed by atoms with Gasteiger partial charge in [0.15, 0.2) is 17.4 Å². The number of para-hydroxylation sites is 1. The van der Waals surface area contributed by atoms with E-state index in [4.69, 9.17) is 4.74 Å². The summed E-state index contributed by atoms with van der Waals surface area (Å²) < 4.78 is 31.4. The van der Waals surface area contributed by atoms with Gasteiger partial charge < -0.3 is 4.74 Å². The van der Waals surface area contributed by atoms with Crippen LogP contribution in [0.5, 0.6) is 5.75 Å². The molecule has 0 amide bonds. The summed E-state index contributed by atoms with van der Waals surface area (Å²) >= 11 is 4.13. The predicted molar refractivity (Wildman–Crippen MR) is 59.5 cm³/mol. The second-order valence-electron chi connectivity index (χ2n) is 3.32. The molecular formula is C11H14F2OS. The Balaban J connectivity index is 2.64. The molecule has 0 aliphatic carbocycles. The molecule has 0 aromatic heterocycles. The van der Waals surface area contributed by atoms with Gasteiger partial charge in [-0.15, -0.1) is 0 Å². The Morgan fingerprint density at radius 2 is 1.93 bits per heavy atom. The van der Waals surface area contributed by atoms with Crippen molar-refractivity contribution in [3.8, 4) is 5.75 Å². The second kappa shape index (κ2) is 5.95. The minimum absolute atomic E-state index is 0.215. The second-order valence-corrected chi connectivity index (χ2v) is 3.68. The van der Waals surface area contributed by atoms with Gasteiger partial charge in [0.05, 0.1) is 6.61 Å². The van der Waals surface area contributed by atoms with Crippen LogP contribution in [0.4, 0.5) is 8.78 Å². The molecule has 1 unspecified atom stereocenters. The first-order valence-electron chi connectivity index (χ1n) is 4.86. The van der Waals surface area contributed by atoms with Crippen LogP contribution in [-0.4, -0.2) is 12.4 Å². The van der Waals surface area contributed by atoms with Crippen LogP contribution >= 0.6 is 12.6 Å². The van der Waals surface area contributed by atoms with Gasteiger partial charge in [-0.2, -0.15) is 12.6 Å². The molecule has 0 bridgehead atoms. The molecule has 1 nitrogen and oxygen atoms in total. The van der Waals surface area contributed by atoms with Crippen molar-refractivity contribution in [1.29, 1.82) is 0 Å². The van der Waals surface area contributed by atoms with Gasteiger partial charge in [-0.1, -0.05) is 13.0 Å². The Hall–Kier alpha value is -0.770. The van der Waals surface area contributed by atoms with Crippen molar-refractivity contribution in [2.75, 3.05) is 12.4 Å². The molecular weight excluding hydrogens is 218 g/mol. The van der Waals surface area contributed by atoms with Gasteiger partial charge in [0.2, 0.25) is 0 Å². The minimum Gasteiger partial charge on any atom is -0.487 e. The van der Waals surface area contributed by atoms with Crippen molar-refractivity contribution in [2.24, 2.45) is 5.92 Å². The standard InChI is InChI=1S/C11H14F2OS/c1-2-8(7-15)6-14-11-9(12)4-3-5-10(11)13/h3-5,8,15H,2,6-7H2,1H3. The van der Waals surface area contributed by atoms with Crippen LogP contribution in [0.15, 0.2) is 18.2 Å². The van der Waals surface area contributed by atoms with Gasteiger partial charge in [-0.25, -0.2) is 8.78 Å². The highest BCUT2D eigenvalue weighted by atomic mass is 32.1. The maximum Gasteiger partial charge on any atom is 0.190 e. The van der Waals surface area contributed by atoms with Crippen LogP contribution in [0.3, 0.4) is 0 Å². The number of hydrogen-bond donors (Lipinski definition) is 1. The zero-order valence-electron chi connectivity index (χ0n) is 8.54. The average molecular weight is 232 g/mol. The van der Waals surface area contributed by atoms with Crippen molar-refractivity contribution in [1.82, 2.24) is 0 Å². The monoisotopic (exact) mass is 232 g/mol. The summed E-state index contributed by atoms with van der Waals surface area (Å²) in [6.45, 7) is 2.28. The van der Waals surface area contributed by atoms with Crippen LogP contribution in [0.2, 0.25) is 0 Å². The third-order valence-corrected chi connectivity index (χ3v) is 2.73. The minimum atomic E-state index is -0.663. The van der Waals surface area contributed by atoms with E-state index in [-0.39, 0.29) is 18.3 Å². The van der Waals surface area contributed by atoms with Gasteiger partial charge >= 0.3 is 0 Å². The molecule has 0 saturated heterocycles. The molecule has 84 valence electrons. The van der Waals surface area contributed by atoms with E-state index in [0.717, 1.165) is 6.42 Å². The Kier molecular flexibility index (Phi) is 4.88. The molecule has 0 aliphatic rings. The Bertz CT molecular complexity index is 293. The lowest BCUT2D eigenvalue weighted by Crippen LogP contribution is -2.13. The van der Waals surface area contributed by atoms with Crippen molar-refractivity contribution in [3.05, 3.63) is 29.8 Å². The quantitative estimate of drug-likeness (QED) is 0.766. The first kappa shape index (κ1) is 12.3.